The average molecular weight is 375 g/mol. The molecule has 1 aliphatic rings. The topological polar surface area (TPSA) is 47.0 Å². The summed E-state index contributed by atoms with van der Waals surface area (Å²) in [6.45, 7) is 3.46. The quantitative estimate of drug-likeness (QED) is 0.612. The summed E-state index contributed by atoms with van der Waals surface area (Å²) in [4.78, 5) is 9.38. The van der Waals surface area contributed by atoms with Crippen molar-refractivity contribution >= 4 is 28.4 Å². The second kappa shape index (κ2) is 7.38. The van der Waals surface area contributed by atoms with E-state index in [1.54, 1.807) is 0 Å². The second-order valence-electron chi connectivity index (χ2n) is 4.87. The van der Waals surface area contributed by atoms with Crippen molar-refractivity contribution in [3.8, 4) is 0 Å². The van der Waals surface area contributed by atoms with Crippen LogP contribution in [0.2, 0.25) is 0 Å². The third-order valence-corrected chi connectivity index (χ3v) is 4.64. The molecule has 2 rings (SSSR count). The lowest BCUT2D eigenvalue weighted by molar-refractivity contribution is 0.149. The van der Waals surface area contributed by atoms with Gasteiger partial charge >= 0.3 is 0 Å². The Morgan fingerprint density at radius 1 is 1.32 bits per heavy atom. The van der Waals surface area contributed by atoms with Crippen molar-refractivity contribution in [3.05, 3.63) is 15.1 Å². The van der Waals surface area contributed by atoms with Crippen molar-refractivity contribution in [2.75, 3.05) is 25.6 Å². The van der Waals surface area contributed by atoms with Gasteiger partial charge in [0.15, 0.2) is 0 Å². The van der Waals surface area contributed by atoms with E-state index in [-0.39, 0.29) is 0 Å². The first-order valence-corrected chi connectivity index (χ1v) is 8.16. The highest BCUT2D eigenvalue weighted by atomic mass is 127. The fourth-order valence-electron chi connectivity index (χ4n) is 2.57. The van der Waals surface area contributed by atoms with Gasteiger partial charge in [0, 0.05) is 26.0 Å². The maximum atomic E-state index is 5.40. The molecule has 106 valence electrons. The molecule has 0 bridgehead atoms. The molecule has 0 aliphatic heterocycles. The fourth-order valence-corrected chi connectivity index (χ4v) is 3.52. The molecule has 5 heteroatoms. The predicted molar refractivity (Wildman–Crippen MR) is 85.7 cm³/mol. The van der Waals surface area contributed by atoms with Crippen LogP contribution in [-0.4, -0.2) is 30.2 Å². The Balaban J connectivity index is 2.21. The molecule has 1 N–H and O–H groups in total. The predicted octanol–water partition coefficient (Wildman–Crippen LogP) is 3.36. The molecule has 19 heavy (non-hydrogen) atoms. The summed E-state index contributed by atoms with van der Waals surface area (Å²) in [6, 6.07) is 0. The van der Waals surface area contributed by atoms with Gasteiger partial charge in [-0.2, -0.15) is 0 Å². The average Bonchev–Trinajstić information content (AvgIpc) is 2.94. The minimum Gasteiger partial charge on any atom is -0.381 e. The molecule has 0 amide bonds. The van der Waals surface area contributed by atoms with E-state index in [1.807, 2.05) is 14.0 Å². The van der Waals surface area contributed by atoms with Crippen LogP contribution < -0.4 is 5.32 Å². The minimum atomic E-state index is 0.618. The van der Waals surface area contributed by atoms with E-state index in [2.05, 4.69) is 32.9 Å². The molecule has 1 aromatic heterocycles. The van der Waals surface area contributed by atoms with Crippen molar-refractivity contribution < 1.29 is 4.74 Å². The maximum absolute atomic E-state index is 5.40. The first-order chi connectivity index (χ1) is 9.26. The molecule has 4 nitrogen and oxygen atoms in total. The van der Waals surface area contributed by atoms with Crippen LogP contribution >= 0.6 is 22.6 Å². The Morgan fingerprint density at radius 2 is 2.05 bits per heavy atom. The number of aromatic nitrogens is 2. The van der Waals surface area contributed by atoms with Gasteiger partial charge in [-0.25, -0.2) is 9.97 Å². The number of rotatable bonds is 6. The number of ether oxygens (including phenoxy) is 1. The standard InChI is InChI=1S/C14H22IN3O/c1-3-19-9-8-11-17-13(10-6-4-5-7-10)12(15)14(16-2)18-11/h10H,3-9H2,1-2H3,(H,16,17,18). The second-order valence-corrected chi connectivity index (χ2v) is 5.94. The Morgan fingerprint density at radius 3 is 2.68 bits per heavy atom. The molecular weight excluding hydrogens is 353 g/mol. The zero-order chi connectivity index (χ0) is 13.7. The van der Waals surface area contributed by atoms with Crippen LogP contribution in [0.4, 0.5) is 5.82 Å². The van der Waals surface area contributed by atoms with Crippen molar-refractivity contribution in [1.82, 2.24) is 9.97 Å². The van der Waals surface area contributed by atoms with Crippen molar-refractivity contribution in [1.29, 1.82) is 0 Å². The van der Waals surface area contributed by atoms with Crippen LogP contribution in [0.5, 0.6) is 0 Å². The van der Waals surface area contributed by atoms with Gasteiger partial charge in [-0.05, 0) is 42.4 Å². The first-order valence-electron chi connectivity index (χ1n) is 7.08. The van der Waals surface area contributed by atoms with Gasteiger partial charge in [0.05, 0.1) is 15.9 Å². The van der Waals surface area contributed by atoms with Crippen LogP contribution in [0.15, 0.2) is 0 Å². The highest BCUT2D eigenvalue weighted by Gasteiger charge is 2.23. The summed E-state index contributed by atoms with van der Waals surface area (Å²) >= 11 is 2.37. The Labute approximate surface area is 128 Å². The van der Waals surface area contributed by atoms with Gasteiger partial charge in [-0.1, -0.05) is 12.8 Å². The van der Waals surface area contributed by atoms with Gasteiger partial charge in [0.2, 0.25) is 0 Å². The zero-order valence-corrected chi connectivity index (χ0v) is 13.9. The number of halogens is 1. The lowest BCUT2D eigenvalue weighted by atomic mass is 10.0. The maximum Gasteiger partial charge on any atom is 0.143 e. The van der Waals surface area contributed by atoms with Crippen LogP contribution in [0.25, 0.3) is 0 Å². The van der Waals surface area contributed by atoms with Gasteiger partial charge in [-0.15, -0.1) is 0 Å². The fraction of sp³-hybridized carbons (Fsp3) is 0.714. The number of hydrogen-bond acceptors (Lipinski definition) is 4. The highest BCUT2D eigenvalue weighted by Crippen LogP contribution is 2.36. The number of nitrogens with zero attached hydrogens (tertiary/aromatic N) is 2. The van der Waals surface area contributed by atoms with Crippen molar-refractivity contribution in [2.45, 2.75) is 44.9 Å². The van der Waals surface area contributed by atoms with E-state index >= 15 is 0 Å². The first kappa shape index (κ1) is 15.0. The van der Waals surface area contributed by atoms with Crippen LogP contribution in [0.3, 0.4) is 0 Å². The van der Waals surface area contributed by atoms with E-state index in [4.69, 9.17) is 9.72 Å². The molecule has 0 atom stereocenters. The number of nitrogens with one attached hydrogen (secondary N) is 1. The smallest absolute Gasteiger partial charge is 0.143 e. The largest absolute Gasteiger partial charge is 0.381 e. The molecular formula is C14H22IN3O. The molecule has 1 aliphatic carbocycles. The third-order valence-electron chi connectivity index (χ3n) is 3.58. The molecule has 0 unspecified atom stereocenters. The molecule has 1 heterocycles. The van der Waals surface area contributed by atoms with Crippen LogP contribution in [0, 0.1) is 3.57 Å². The van der Waals surface area contributed by atoms with E-state index in [1.165, 1.54) is 34.9 Å². The Bertz CT molecular complexity index is 419. The molecule has 0 radical (unpaired) electrons. The number of anilines is 1. The van der Waals surface area contributed by atoms with Crippen molar-refractivity contribution in [3.63, 3.8) is 0 Å². The molecule has 1 fully saturated rings. The molecule has 0 aromatic carbocycles. The normalized spacial score (nSPS) is 15.9. The summed E-state index contributed by atoms with van der Waals surface area (Å²) in [5, 5.41) is 3.19. The highest BCUT2D eigenvalue weighted by molar-refractivity contribution is 14.1. The van der Waals surface area contributed by atoms with Gasteiger partial charge < -0.3 is 10.1 Å². The molecule has 1 aromatic rings. The molecule has 0 spiro atoms. The number of hydrogen-bond donors (Lipinski definition) is 1. The van der Waals surface area contributed by atoms with Gasteiger partial charge in [0.25, 0.3) is 0 Å². The van der Waals surface area contributed by atoms with Gasteiger partial charge in [-0.3, -0.25) is 0 Å². The summed E-state index contributed by atoms with van der Waals surface area (Å²) in [5.74, 6) is 2.48. The zero-order valence-electron chi connectivity index (χ0n) is 11.7. The Hall–Kier alpha value is -0.430. The monoisotopic (exact) mass is 375 g/mol. The van der Waals surface area contributed by atoms with E-state index in [0.717, 1.165) is 24.7 Å². The lowest BCUT2D eigenvalue weighted by Crippen LogP contribution is -2.11. The third kappa shape index (κ3) is 3.78. The molecule has 1 saturated carbocycles. The Kier molecular flexibility index (Phi) is 5.81. The van der Waals surface area contributed by atoms with Crippen LogP contribution in [0.1, 0.15) is 50.0 Å². The summed E-state index contributed by atoms with van der Waals surface area (Å²) < 4.78 is 6.59. The van der Waals surface area contributed by atoms with E-state index in [0.29, 0.717) is 12.5 Å². The van der Waals surface area contributed by atoms with Gasteiger partial charge in [0.1, 0.15) is 11.6 Å². The lowest BCUT2D eigenvalue weighted by Gasteiger charge is -2.15. The van der Waals surface area contributed by atoms with E-state index < -0.39 is 0 Å². The summed E-state index contributed by atoms with van der Waals surface area (Å²) in [5.41, 5.74) is 1.24. The SMILES string of the molecule is CCOCCc1nc(NC)c(I)c(C2CCCC2)n1. The van der Waals surface area contributed by atoms with E-state index in [9.17, 15) is 0 Å². The van der Waals surface area contributed by atoms with Crippen LogP contribution in [-0.2, 0) is 11.2 Å². The summed E-state index contributed by atoms with van der Waals surface area (Å²) in [6.07, 6.45) is 5.98. The van der Waals surface area contributed by atoms with Crippen molar-refractivity contribution in [2.24, 2.45) is 0 Å². The summed E-state index contributed by atoms with van der Waals surface area (Å²) in [7, 11) is 1.93. The molecule has 0 saturated heterocycles. The minimum absolute atomic E-state index is 0.618.